The van der Waals surface area contributed by atoms with Gasteiger partial charge in [0.2, 0.25) is 0 Å². The molecule has 0 aliphatic heterocycles. The summed E-state index contributed by atoms with van der Waals surface area (Å²) in [6.07, 6.45) is 7.51. The van der Waals surface area contributed by atoms with Gasteiger partial charge in [-0.1, -0.05) is 32.9 Å². The summed E-state index contributed by atoms with van der Waals surface area (Å²) >= 11 is 0. The lowest BCUT2D eigenvalue weighted by Gasteiger charge is -2.13. The van der Waals surface area contributed by atoms with Crippen molar-refractivity contribution in [2.24, 2.45) is 17.8 Å². The Morgan fingerprint density at radius 2 is 2.10 bits per heavy atom. The van der Waals surface area contributed by atoms with Gasteiger partial charge in [-0.3, -0.25) is 0 Å². The third-order valence-corrected chi connectivity index (χ3v) is 2.59. The molecule has 0 heterocycles. The zero-order chi connectivity index (χ0) is 7.56. The average molecular weight is 138 g/mol. The van der Waals surface area contributed by atoms with Crippen LogP contribution in [0.3, 0.4) is 0 Å². The van der Waals surface area contributed by atoms with Gasteiger partial charge >= 0.3 is 0 Å². The molecule has 1 rings (SSSR count). The Morgan fingerprint density at radius 3 is 2.40 bits per heavy atom. The molecular weight excluding hydrogens is 120 g/mol. The van der Waals surface area contributed by atoms with E-state index in [2.05, 4.69) is 32.9 Å². The molecule has 0 N–H and O–H groups in total. The van der Waals surface area contributed by atoms with Gasteiger partial charge in [0.25, 0.3) is 0 Å². The fraction of sp³-hybridized carbons (Fsp3) is 0.800. The van der Waals surface area contributed by atoms with Crippen LogP contribution in [0.25, 0.3) is 0 Å². The van der Waals surface area contributed by atoms with Crippen LogP contribution in [-0.2, 0) is 0 Å². The van der Waals surface area contributed by atoms with Gasteiger partial charge < -0.3 is 0 Å². The van der Waals surface area contributed by atoms with Crippen molar-refractivity contribution >= 4 is 0 Å². The number of hydrogen-bond acceptors (Lipinski definition) is 0. The van der Waals surface area contributed by atoms with Crippen molar-refractivity contribution in [2.75, 3.05) is 0 Å². The Balaban J connectivity index is 2.37. The summed E-state index contributed by atoms with van der Waals surface area (Å²) in [5.41, 5.74) is 0. The van der Waals surface area contributed by atoms with Crippen molar-refractivity contribution in [1.82, 2.24) is 0 Å². The third-order valence-electron chi connectivity index (χ3n) is 2.59. The van der Waals surface area contributed by atoms with E-state index in [0.717, 1.165) is 17.8 Å². The summed E-state index contributed by atoms with van der Waals surface area (Å²) in [7, 11) is 0. The second-order valence-electron chi connectivity index (χ2n) is 3.70. The molecule has 0 aromatic carbocycles. The van der Waals surface area contributed by atoms with Crippen molar-refractivity contribution in [3.63, 3.8) is 0 Å². The van der Waals surface area contributed by atoms with Gasteiger partial charge in [-0.25, -0.2) is 0 Å². The van der Waals surface area contributed by atoms with E-state index in [9.17, 15) is 0 Å². The molecule has 2 atom stereocenters. The molecule has 0 saturated carbocycles. The number of allylic oxidation sites excluding steroid dienone is 2. The topological polar surface area (TPSA) is 0 Å². The van der Waals surface area contributed by atoms with E-state index in [4.69, 9.17) is 0 Å². The minimum atomic E-state index is 0.841. The molecule has 1 aliphatic rings. The van der Waals surface area contributed by atoms with Crippen LogP contribution in [0.4, 0.5) is 0 Å². The Bertz CT molecular complexity index is 122. The highest BCUT2D eigenvalue weighted by Crippen LogP contribution is 2.30. The van der Waals surface area contributed by atoms with Gasteiger partial charge in [-0.05, 0) is 30.6 Å². The molecule has 0 aromatic rings. The fourth-order valence-electron chi connectivity index (χ4n) is 1.60. The van der Waals surface area contributed by atoms with Crippen LogP contribution in [0.2, 0.25) is 0 Å². The van der Waals surface area contributed by atoms with E-state index < -0.39 is 0 Å². The summed E-state index contributed by atoms with van der Waals surface area (Å²) in [6.45, 7) is 6.90. The van der Waals surface area contributed by atoms with Crippen molar-refractivity contribution in [2.45, 2.75) is 33.6 Å². The lowest BCUT2D eigenvalue weighted by atomic mass is 9.92. The molecule has 2 unspecified atom stereocenters. The minimum absolute atomic E-state index is 0.841. The second kappa shape index (κ2) is 3.23. The Hall–Kier alpha value is -0.260. The first-order chi connectivity index (χ1) is 4.74. The molecule has 0 heteroatoms. The maximum atomic E-state index is 2.40. The molecule has 0 spiro atoms. The first kappa shape index (κ1) is 7.84. The van der Waals surface area contributed by atoms with Crippen LogP contribution in [0.1, 0.15) is 33.6 Å². The van der Waals surface area contributed by atoms with Gasteiger partial charge in [0.05, 0.1) is 0 Å². The van der Waals surface area contributed by atoms with Crippen LogP contribution in [0.5, 0.6) is 0 Å². The van der Waals surface area contributed by atoms with E-state index in [0.29, 0.717) is 0 Å². The van der Waals surface area contributed by atoms with E-state index >= 15 is 0 Å². The first-order valence-electron chi connectivity index (χ1n) is 4.42. The zero-order valence-electron chi connectivity index (χ0n) is 7.30. The SMILES string of the molecule is CCC1C=CC(C(C)C)C1. The van der Waals surface area contributed by atoms with Crippen LogP contribution in [-0.4, -0.2) is 0 Å². The van der Waals surface area contributed by atoms with Crippen LogP contribution >= 0.6 is 0 Å². The maximum absolute atomic E-state index is 2.40. The summed E-state index contributed by atoms with van der Waals surface area (Å²) in [4.78, 5) is 0. The lowest BCUT2D eigenvalue weighted by molar-refractivity contribution is 0.410. The number of rotatable bonds is 2. The van der Waals surface area contributed by atoms with Crippen molar-refractivity contribution in [3.05, 3.63) is 12.2 Å². The van der Waals surface area contributed by atoms with Gasteiger partial charge in [0, 0.05) is 0 Å². The van der Waals surface area contributed by atoms with Gasteiger partial charge in [-0.15, -0.1) is 0 Å². The van der Waals surface area contributed by atoms with Crippen molar-refractivity contribution in [1.29, 1.82) is 0 Å². The molecule has 58 valence electrons. The Kier molecular flexibility index (Phi) is 2.53. The maximum Gasteiger partial charge on any atom is -0.0205 e. The summed E-state index contributed by atoms with van der Waals surface area (Å²) in [5, 5.41) is 0. The third kappa shape index (κ3) is 1.62. The predicted molar refractivity (Wildman–Crippen MR) is 45.9 cm³/mol. The highest BCUT2D eigenvalue weighted by atomic mass is 14.2. The van der Waals surface area contributed by atoms with E-state index in [1.807, 2.05) is 0 Å². The zero-order valence-corrected chi connectivity index (χ0v) is 7.30. The highest BCUT2D eigenvalue weighted by Gasteiger charge is 2.19. The fourth-order valence-corrected chi connectivity index (χ4v) is 1.60. The van der Waals surface area contributed by atoms with Gasteiger partial charge in [-0.2, -0.15) is 0 Å². The van der Waals surface area contributed by atoms with Gasteiger partial charge in [0.15, 0.2) is 0 Å². The second-order valence-corrected chi connectivity index (χ2v) is 3.70. The lowest BCUT2D eigenvalue weighted by Crippen LogP contribution is -2.04. The molecular formula is C10H18. The van der Waals surface area contributed by atoms with E-state index in [1.54, 1.807) is 0 Å². The smallest absolute Gasteiger partial charge is 0.0205 e. The molecule has 0 amide bonds. The monoisotopic (exact) mass is 138 g/mol. The van der Waals surface area contributed by atoms with Gasteiger partial charge in [0.1, 0.15) is 0 Å². The average Bonchev–Trinajstić information content (AvgIpc) is 2.34. The van der Waals surface area contributed by atoms with Crippen molar-refractivity contribution < 1.29 is 0 Å². The van der Waals surface area contributed by atoms with Crippen LogP contribution < -0.4 is 0 Å². The largest absolute Gasteiger partial charge is 0.0851 e. The standard InChI is InChI=1S/C10H18/c1-4-9-5-6-10(7-9)8(2)3/h5-6,8-10H,4,7H2,1-3H3. The van der Waals surface area contributed by atoms with E-state index in [1.165, 1.54) is 12.8 Å². The molecule has 0 saturated heterocycles. The van der Waals surface area contributed by atoms with Crippen LogP contribution in [0, 0.1) is 17.8 Å². The molecule has 0 nitrogen and oxygen atoms in total. The molecule has 0 aromatic heterocycles. The molecule has 0 fully saturated rings. The first-order valence-corrected chi connectivity index (χ1v) is 4.42. The molecule has 10 heavy (non-hydrogen) atoms. The number of hydrogen-bond donors (Lipinski definition) is 0. The van der Waals surface area contributed by atoms with Crippen molar-refractivity contribution in [3.8, 4) is 0 Å². The molecule has 0 bridgehead atoms. The van der Waals surface area contributed by atoms with E-state index in [-0.39, 0.29) is 0 Å². The highest BCUT2D eigenvalue weighted by molar-refractivity contribution is 5.02. The molecule has 1 aliphatic carbocycles. The molecule has 0 radical (unpaired) electrons. The summed E-state index contributed by atoms with van der Waals surface area (Å²) < 4.78 is 0. The predicted octanol–water partition coefficient (Wildman–Crippen LogP) is 3.24. The Labute approximate surface area is 64.3 Å². The Morgan fingerprint density at radius 1 is 1.40 bits per heavy atom. The minimum Gasteiger partial charge on any atom is -0.0851 e. The summed E-state index contributed by atoms with van der Waals surface area (Å²) in [5.74, 6) is 2.59. The summed E-state index contributed by atoms with van der Waals surface area (Å²) in [6, 6.07) is 0. The normalized spacial score (nSPS) is 32.0. The van der Waals surface area contributed by atoms with Crippen LogP contribution in [0.15, 0.2) is 12.2 Å². The quantitative estimate of drug-likeness (QED) is 0.514.